The van der Waals surface area contributed by atoms with Crippen molar-refractivity contribution >= 4 is 11.9 Å². The lowest BCUT2D eigenvalue weighted by Crippen LogP contribution is -2.35. The molecule has 0 aromatic heterocycles. The van der Waals surface area contributed by atoms with Gasteiger partial charge in [-0.3, -0.25) is 0 Å². The molecule has 0 saturated carbocycles. The summed E-state index contributed by atoms with van der Waals surface area (Å²) >= 11 is 0. The minimum Gasteiger partial charge on any atom is -0.545 e. The Hall–Kier alpha value is -1.92. The van der Waals surface area contributed by atoms with E-state index in [1.54, 1.807) is 0 Å². The van der Waals surface area contributed by atoms with Gasteiger partial charge in [0.05, 0.1) is 39.2 Å². The summed E-state index contributed by atoms with van der Waals surface area (Å²) in [6, 6.07) is 5.00. The zero-order chi connectivity index (χ0) is 17.9. The zero-order valence-electron chi connectivity index (χ0n) is 14.2. The summed E-state index contributed by atoms with van der Waals surface area (Å²) in [7, 11) is 6.72. The molecule has 6 nitrogen and oxygen atoms in total. The molecule has 0 heterocycles. The van der Waals surface area contributed by atoms with Crippen molar-refractivity contribution in [2.75, 3.05) is 34.2 Å². The van der Waals surface area contributed by atoms with Gasteiger partial charge in [0.1, 0.15) is 0 Å². The lowest BCUT2D eigenvalue weighted by Gasteiger charge is -2.23. The Morgan fingerprint density at radius 1 is 1.09 bits per heavy atom. The van der Waals surface area contributed by atoms with E-state index < -0.39 is 11.9 Å². The van der Waals surface area contributed by atoms with Gasteiger partial charge in [0.15, 0.2) is 0 Å². The van der Waals surface area contributed by atoms with E-state index in [1.807, 2.05) is 0 Å². The van der Waals surface area contributed by atoms with E-state index in [4.69, 9.17) is 10.8 Å². The second-order valence-electron chi connectivity index (χ2n) is 6.39. The number of quaternary nitrogens is 1. The third-order valence-corrected chi connectivity index (χ3v) is 3.13. The van der Waals surface area contributed by atoms with Gasteiger partial charge in [-0.25, -0.2) is 4.79 Å². The molecule has 0 aliphatic heterocycles. The van der Waals surface area contributed by atoms with Gasteiger partial charge in [0.25, 0.3) is 0 Å². The fraction of sp³-hybridized carbons (Fsp3) is 0.529. The Bertz CT molecular complexity index is 466. The molecule has 0 fully saturated rings. The number of nitrogens with zero attached hydrogens (tertiary/aromatic N) is 1. The first-order valence-corrected chi connectivity index (χ1v) is 7.72. The van der Waals surface area contributed by atoms with E-state index in [2.05, 4.69) is 21.1 Å². The highest BCUT2D eigenvalue weighted by Gasteiger charge is 2.04. The summed E-state index contributed by atoms with van der Waals surface area (Å²) in [4.78, 5) is 20.6. The molecular formula is C17H28N2O4. The SMILES string of the molecule is C[N+](C)(C)CCCCCCN.O=C([O-])c1cccc(C(=O)O)c1. The summed E-state index contributed by atoms with van der Waals surface area (Å²) in [5.41, 5.74) is 5.20. The van der Waals surface area contributed by atoms with Crippen molar-refractivity contribution in [3.63, 3.8) is 0 Å². The van der Waals surface area contributed by atoms with E-state index >= 15 is 0 Å². The molecule has 130 valence electrons. The van der Waals surface area contributed by atoms with E-state index in [0.29, 0.717) is 0 Å². The van der Waals surface area contributed by atoms with Crippen LogP contribution < -0.4 is 10.8 Å². The van der Waals surface area contributed by atoms with E-state index in [1.165, 1.54) is 50.4 Å². The van der Waals surface area contributed by atoms with E-state index in [0.717, 1.165) is 17.1 Å². The smallest absolute Gasteiger partial charge is 0.335 e. The number of carbonyl (C=O) groups is 2. The molecule has 1 aromatic rings. The number of benzene rings is 1. The minimum atomic E-state index is -1.38. The third-order valence-electron chi connectivity index (χ3n) is 3.13. The molecule has 0 radical (unpaired) electrons. The van der Waals surface area contributed by atoms with Crippen LogP contribution in [0.3, 0.4) is 0 Å². The molecule has 0 saturated heterocycles. The molecule has 0 unspecified atom stereocenters. The summed E-state index contributed by atoms with van der Waals surface area (Å²) < 4.78 is 1.09. The van der Waals surface area contributed by atoms with Crippen LogP contribution in [0.15, 0.2) is 24.3 Å². The predicted octanol–water partition coefficient (Wildman–Crippen LogP) is 0.960. The molecular weight excluding hydrogens is 296 g/mol. The van der Waals surface area contributed by atoms with Gasteiger partial charge in [-0.1, -0.05) is 18.6 Å². The maximum absolute atomic E-state index is 10.4. The number of carboxylic acids is 2. The van der Waals surface area contributed by atoms with Gasteiger partial charge in [-0.2, -0.15) is 0 Å². The van der Waals surface area contributed by atoms with Crippen molar-refractivity contribution < 1.29 is 24.3 Å². The van der Waals surface area contributed by atoms with Crippen LogP contribution in [0.25, 0.3) is 0 Å². The third kappa shape index (κ3) is 11.3. The van der Waals surface area contributed by atoms with Crippen molar-refractivity contribution in [3.05, 3.63) is 35.4 Å². The van der Waals surface area contributed by atoms with Crippen LogP contribution in [-0.2, 0) is 0 Å². The first kappa shape index (κ1) is 21.1. The van der Waals surface area contributed by atoms with Gasteiger partial charge in [-0.05, 0) is 43.5 Å². The van der Waals surface area contributed by atoms with E-state index in [-0.39, 0.29) is 11.1 Å². The monoisotopic (exact) mass is 324 g/mol. The maximum Gasteiger partial charge on any atom is 0.335 e. The Kier molecular flexibility index (Phi) is 9.85. The fourth-order valence-corrected chi connectivity index (χ4v) is 1.86. The van der Waals surface area contributed by atoms with Gasteiger partial charge in [0.2, 0.25) is 0 Å². The summed E-state index contributed by atoms with van der Waals surface area (Å²) in [6.45, 7) is 2.13. The normalized spacial score (nSPS) is 10.6. The molecule has 0 aliphatic rings. The molecule has 0 aliphatic carbocycles. The summed E-state index contributed by atoms with van der Waals surface area (Å²) in [5.74, 6) is -2.53. The number of aromatic carboxylic acids is 2. The zero-order valence-corrected chi connectivity index (χ0v) is 14.2. The molecule has 0 atom stereocenters. The molecule has 0 amide bonds. The van der Waals surface area contributed by atoms with Crippen LogP contribution >= 0.6 is 0 Å². The maximum atomic E-state index is 10.4. The quantitative estimate of drug-likeness (QED) is 0.547. The van der Waals surface area contributed by atoms with Gasteiger partial charge < -0.3 is 25.2 Å². The van der Waals surface area contributed by atoms with Gasteiger partial charge >= 0.3 is 5.97 Å². The number of nitrogens with two attached hydrogens (primary N) is 1. The highest BCUT2D eigenvalue weighted by atomic mass is 16.4. The molecule has 0 spiro atoms. The van der Waals surface area contributed by atoms with Crippen LogP contribution in [0.5, 0.6) is 0 Å². The first-order valence-electron chi connectivity index (χ1n) is 7.72. The summed E-state index contributed by atoms with van der Waals surface area (Å²) in [6.07, 6.45) is 5.17. The van der Waals surface area contributed by atoms with Gasteiger partial charge in [0, 0.05) is 0 Å². The standard InChI is InChI=1S/C9H23N2.C8H6O4/c1-11(2,3)9-7-5-4-6-8-10;9-7(10)5-2-1-3-6(4-5)8(11)12/h4-10H2,1-3H3;1-4H,(H,9,10)(H,11,12)/q+1;/p-1. The molecule has 0 bridgehead atoms. The highest BCUT2D eigenvalue weighted by Crippen LogP contribution is 2.04. The second-order valence-corrected chi connectivity index (χ2v) is 6.39. The topological polar surface area (TPSA) is 103 Å². The van der Waals surface area contributed by atoms with E-state index in [9.17, 15) is 14.7 Å². The van der Waals surface area contributed by atoms with Crippen molar-refractivity contribution in [3.8, 4) is 0 Å². The van der Waals surface area contributed by atoms with Crippen molar-refractivity contribution in [1.29, 1.82) is 0 Å². The largest absolute Gasteiger partial charge is 0.545 e. The average molecular weight is 324 g/mol. The van der Waals surface area contributed by atoms with Crippen LogP contribution in [0.4, 0.5) is 0 Å². The van der Waals surface area contributed by atoms with Crippen LogP contribution in [0.1, 0.15) is 46.4 Å². The molecule has 1 rings (SSSR count). The second kappa shape index (κ2) is 10.7. The Labute approximate surface area is 138 Å². The number of hydrogen-bond donors (Lipinski definition) is 2. The van der Waals surface area contributed by atoms with Crippen molar-refractivity contribution in [2.24, 2.45) is 5.73 Å². The highest BCUT2D eigenvalue weighted by molar-refractivity contribution is 5.92. The minimum absolute atomic E-state index is 0.0586. The van der Waals surface area contributed by atoms with Crippen LogP contribution in [0, 0.1) is 0 Å². The number of hydrogen-bond acceptors (Lipinski definition) is 4. The van der Waals surface area contributed by atoms with Gasteiger partial charge in [-0.15, -0.1) is 0 Å². The first-order chi connectivity index (χ1) is 10.7. The number of rotatable bonds is 8. The number of carboxylic acid groups (broad SMARTS) is 2. The molecule has 23 heavy (non-hydrogen) atoms. The van der Waals surface area contributed by atoms with Crippen molar-refractivity contribution in [2.45, 2.75) is 25.7 Å². The lowest BCUT2D eigenvalue weighted by molar-refractivity contribution is -0.870. The Balaban J connectivity index is 0.000000423. The molecule has 6 heteroatoms. The van der Waals surface area contributed by atoms with Crippen molar-refractivity contribution in [1.82, 2.24) is 0 Å². The Morgan fingerprint density at radius 3 is 2.13 bits per heavy atom. The van der Waals surface area contributed by atoms with Crippen LogP contribution in [-0.4, -0.2) is 55.8 Å². The summed E-state index contributed by atoms with van der Waals surface area (Å²) in [5, 5.41) is 18.7. The fourth-order valence-electron chi connectivity index (χ4n) is 1.86. The lowest BCUT2D eigenvalue weighted by atomic mass is 10.1. The number of unbranched alkanes of at least 4 members (excludes halogenated alkanes) is 3. The predicted molar refractivity (Wildman–Crippen MR) is 88.2 cm³/mol. The van der Waals surface area contributed by atoms with Crippen LogP contribution in [0.2, 0.25) is 0 Å². The molecule has 3 N–H and O–H groups in total. The molecule has 1 aromatic carbocycles. The average Bonchev–Trinajstić information content (AvgIpc) is 2.46. The number of carbonyl (C=O) groups excluding carboxylic acids is 1. The Morgan fingerprint density at radius 2 is 1.65 bits per heavy atom.